The molecule has 2 saturated heterocycles. The van der Waals surface area contributed by atoms with Gasteiger partial charge in [-0.15, -0.1) is 0 Å². The van der Waals surface area contributed by atoms with Crippen LogP contribution in [-0.4, -0.2) is 70.9 Å². The smallest absolute Gasteiger partial charge is 0.270 e. The minimum Gasteiger partial charge on any atom is -0.496 e. The standard InChI is InChI=1S/C19H19N5O4.C19H21N3O4.C18H15P/c1-28-18-7-5-13(12-23-16(11-21-22-20)6-8-19(23)25)9-17(18)14-3-2-4-15(10-14)24(26)27;1-26-18-7-5-13(12-21-16(11-20)6-8-19(21)23)9-17(18)14-3-2-4-15(10-14)22(24)25;1-4-10-16(11-5-1)19(17-12-6-2-7-13-17)18-14-8-3-9-15-18/h2-5,7,9-10,16H,6,8,11-12H2,1H3;2-5,7,9-10,16H,6,8,11-12,20H2,1H3;1-15H/t2*16-;/m00./s1. The first-order valence-electron chi connectivity index (χ1n) is 23.6. The number of nitrogens with two attached hydrogens (primary N) is 1. The Morgan fingerprint density at radius 1 is 0.603 bits per heavy atom. The second-order valence-electron chi connectivity index (χ2n) is 17.1. The number of non-ortho nitro benzene ring substituents is 2. The van der Waals surface area contributed by atoms with Crippen LogP contribution in [0.25, 0.3) is 32.7 Å². The lowest BCUT2D eigenvalue weighted by atomic mass is 10.0. The van der Waals surface area contributed by atoms with Gasteiger partial charge in [-0.1, -0.05) is 133 Å². The van der Waals surface area contributed by atoms with Crippen molar-refractivity contribution in [1.82, 2.24) is 9.80 Å². The molecule has 73 heavy (non-hydrogen) atoms. The summed E-state index contributed by atoms with van der Waals surface area (Å²) in [6.07, 6.45) is 2.39. The Balaban J connectivity index is 0.000000163. The summed E-state index contributed by atoms with van der Waals surface area (Å²) >= 11 is 0. The van der Waals surface area contributed by atoms with E-state index in [9.17, 15) is 29.8 Å². The van der Waals surface area contributed by atoms with Gasteiger partial charge < -0.3 is 25.0 Å². The van der Waals surface area contributed by atoms with E-state index in [0.29, 0.717) is 67.1 Å². The molecular formula is C56H55N8O8P. The fourth-order valence-electron chi connectivity index (χ4n) is 8.89. The molecule has 2 atom stereocenters. The largest absolute Gasteiger partial charge is 0.496 e. The summed E-state index contributed by atoms with van der Waals surface area (Å²) in [6.45, 7) is 1.53. The minimum absolute atomic E-state index is 0.00546. The average molecular weight is 999 g/mol. The van der Waals surface area contributed by atoms with Crippen molar-refractivity contribution < 1.29 is 28.9 Å². The maximum Gasteiger partial charge on any atom is 0.270 e. The van der Waals surface area contributed by atoms with Gasteiger partial charge >= 0.3 is 0 Å². The Morgan fingerprint density at radius 3 is 1.40 bits per heavy atom. The maximum atomic E-state index is 12.2. The lowest BCUT2D eigenvalue weighted by Gasteiger charge is -2.24. The quantitative estimate of drug-likeness (QED) is 0.0243. The van der Waals surface area contributed by atoms with Gasteiger partial charge in [-0.25, -0.2) is 0 Å². The van der Waals surface area contributed by atoms with Gasteiger partial charge in [0, 0.05) is 91.4 Å². The van der Waals surface area contributed by atoms with Gasteiger partial charge in [-0.3, -0.25) is 29.8 Å². The molecule has 372 valence electrons. The molecule has 0 radical (unpaired) electrons. The third kappa shape index (κ3) is 13.5. The SMILES string of the molecule is COc1ccc(CN2C(=O)CC[C@H]2CN)cc1-c1cccc([N+](=O)[O-])c1.COc1ccc(CN2C(=O)CC[C@H]2CN=[N+]=[N-])cc1-c1cccc([N+](=O)[O-])c1.c1ccc(P(c2ccccc2)c2ccccc2)cc1. The molecule has 0 saturated carbocycles. The number of rotatable bonds is 16. The van der Waals surface area contributed by atoms with Gasteiger partial charge in [-0.05, 0) is 88.7 Å². The van der Waals surface area contributed by atoms with E-state index in [-0.39, 0.29) is 41.8 Å². The number of amides is 2. The van der Waals surface area contributed by atoms with Crippen LogP contribution >= 0.6 is 7.92 Å². The zero-order valence-corrected chi connectivity index (χ0v) is 41.4. The monoisotopic (exact) mass is 998 g/mol. The molecule has 7 aromatic rings. The average Bonchev–Trinajstić information content (AvgIpc) is 3.97. The number of ether oxygens (including phenoxy) is 2. The molecule has 0 spiro atoms. The van der Waals surface area contributed by atoms with Gasteiger partial charge in [0.25, 0.3) is 11.4 Å². The highest BCUT2D eigenvalue weighted by Gasteiger charge is 2.31. The Hall–Kier alpha value is -8.42. The number of nitro groups is 2. The van der Waals surface area contributed by atoms with Crippen molar-refractivity contribution in [3.8, 4) is 33.8 Å². The van der Waals surface area contributed by atoms with Crippen LogP contribution in [0.5, 0.6) is 11.5 Å². The van der Waals surface area contributed by atoms with E-state index in [1.54, 1.807) is 47.2 Å². The van der Waals surface area contributed by atoms with E-state index >= 15 is 0 Å². The highest BCUT2D eigenvalue weighted by atomic mass is 31.1. The van der Waals surface area contributed by atoms with Crippen molar-refractivity contribution in [3.63, 3.8) is 0 Å². The molecule has 2 amide bonds. The first-order valence-corrected chi connectivity index (χ1v) is 24.9. The van der Waals surface area contributed by atoms with Gasteiger partial charge in [0.1, 0.15) is 11.5 Å². The number of carbonyl (C=O) groups excluding carboxylic acids is 2. The Morgan fingerprint density at radius 2 is 1.01 bits per heavy atom. The van der Waals surface area contributed by atoms with Crippen LogP contribution < -0.4 is 31.1 Å². The van der Waals surface area contributed by atoms with E-state index in [4.69, 9.17) is 20.7 Å². The summed E-state index contributed by atoms with van der Waals surface area (Å²) in [5, 5.41) is 29.9. The van der Waals surface area contributed by atoms with Crippen LogP contribution in [0.15, 0.2) is 181 Å². The molecule has 0 bridgehead atoms. The maximum absolute atomic E-state index is 12.2. The van der Waals surface area contributed by atoms with Crippen LogP contribution in [0.3, 0.4) is 0 Å². The van der Waals surface area contributed by atoms with E-state index in [1.807, 2.05) is 30.3 Å². The molecule has 0 aliphatic carbocycles. The first kappa shape index (κ1) is 52.4. The first-order chi connectivity index (χ1) is 35.5. The predicted octanol–water partition coefficient (Wildman–Crippen LogP) is 10.2. The summed E-state index contributed by atoms with van der Waals surface area (Å²) in [5.74, 6) is 1.33. The van der Waals surface area contributed by atoms with Crippen molar-refractivity contribution in [2.24, 2.45) is 10.8 Å². The molecule has 0 aromatic heterocycles. The normalized spacial score (nSPS) is 14.8. The number of hydrogen-bond acceptors (Lipinski definition) is 10. The number of nitro benzene ring substituents is 2. The zero-order chi connectivity index (χ0) is 51.7. The van der Waals surface area contributed by atoms with Crippen molar-refractivity contribution in [1.29, 1.82) is 0 Å². The van der Waals surface area contributed by atoms with Crippen LogP contribution in [-0.2, 0) is 22.7 Å². The Labute approximate surface area is 424 Å². The molecule has 9 rings (SSSR count). The van der Waals surface area contributed by atoms with Gasteiger partial charge in [0.05, 0.1) is 24.1 Å². The lowest BCUT2D eigenvalue weighted by Crippen LogP contribution is -2.37. The van der Waals surface area contributed by atoms with E-state index in [2.05, 4.69) is 101 Å². The summed E-state index contributed by atoms with van der Waals surface area (Å²) in [4.78, 5) is 51.9. The fourth-order valence-corrected chi connectivity index (χ4v) is 11.2. The zero-order valence-electron chi connectivity index (χ0n) is 40.5. The summed E-state index contributed by atoms with van der Waals surface area (Å²) in [7, 11) is 2.65. The number of likely N-dealkylation sites (tertiary alicyclic amines) is 2. The van der Waals surface area contributed by atoms with Crippen molar-refractivity contribution >= 4 is 47.0 Å². The topological polar surface area (TPSA) is 220 Å². The van der Waals surface area contributed by atoms with Crippen LogP contribution in [0.4, 0.5) is 11.4 Å². The molecule has 2 fully saturated rings. The van der Waals surface area contributed by atoms with Crippen molar-refractivity contribution in [2.45, 2.75) is 50.9 Å². The highest BCUT2D eigenvalue weighted by Crippen LogP contribution is 2.36. The molecular weight excluding hydrogens is 944 g/mol. The lowest BCUT2D eigenvalue weighted by molar-refractivity contribution is -0.385. The molecule has 2 aliphatic heterocycles. The molecule has 2 heterocycles. The molecule has 0 unspecified atom stereocenters. The molecule has 7 aromatic carbocycles. The minimum atomic E-state index is -0.446. The molecule has 2 N–H and O–H groups in total. The van der Waals surface area contributed by atoms with Crippen LogP contribution in [0, 0.1) is 20.2 Å². The van der Waals surface area contributed by atoms with E-state index < -0.39 is 17.8 Å². The van der Waals surface area contributed by atoms with Crippen LogP contribution in [0.1, 0.15) is 36.8 Å². The van der Waals surface area contributed by atoms with E-state index in [1.165, 1.54) is 47.3 Å². The van der Waals surface area contributed by atoms with Gasteiger partial charge in [0.15, 0.2) is 0 Å². The Kier molecular flexibility index (Phi) is 18.4. The molecule has 17 heteroatoms. The summed E-state index contributed by atoms with van der Waals surface area (Å²) in [6, 6.07) is 56.2. The second kappa shape index (κ2) is 25.6. The van der Waals surface area contributed by atoms with Crippen molar-refractivity contribution in [3.05, 3.63) is 218 Å². The third-order valence-corrected chi connectivity index (χ3v) is 15.0. The Bertz CT molecular complexity index is 2980. The summed E-state index contributed by atoms with van der Waals surface area (Å²) in [5.41, 5.74) is 18.9. The van der Waals surface area contributed by atoms with Crippen LogP contribution in [0.2, 0.25) is 0 Å². The molecule has 16 nitrogen and oxygen atoms in total. The fraction of sp³-hybridized carbons (Fsp3) is 0.214. The van der Waals surface area contributed by atoms with E-state index in [0.717, 1.165) is 23.1 Å². The predicted molar refractivity (Wildman–Crippen MR) is 286 cm³/mol. The third-order valence-electron chi connectivity index (χ3n) is 12.5. The van der Waals surface area contributed by atoms with Crippen molar-refractivity contribution in [2.75, 3.05) is 27.3 Å². The summed E-state index contributed by atoms with van der Waals surface area (Å²) < 4.78 is 10.8. The number of azide groups is 1. The van der Waals surface area contributed by atoms with Gasteiger partial charge in [0.2, 0.25) is 11.8 Å². The van der Waals surface area contributed by atoms with Gasteiger partial charge in [-0.2, -0.15) is 0 Å². The number of benzene rings is 7. The second-order valence-corrected chi connectivity index (χ2v) is 19.3. The number of nitrogens with zero attached hydrogens (tertiary/aromatic N) is 7. The molecule has 2 aliphatic rings. The number of carbonyl (C=O) groups is 2. The highest BCUT2D eigenvalue weighted by molar-refractivity contribution is 7.79. The number of hydrogen-bond donors (Lipinski definition) is 1. The number of methoxy groups -OCH3 is 2.